The van der Waals surface area contributed by atoms with Gasteiger partial charge in [-0.1, -0.05) is 71.2 Å². The van der Waals surface area contributed by atoms with Crippen molar-refractivity contribution in [3.63, 3.8) is 0 Å². The average molecular weight is 537 g/mol. The second kappa shape index (κ2) is 10.4. The van der Waals surface area contributed by atoms with E-state index in [9.17, 15) is 18.5 Å². The summed E-state index contributed by atoms with van der Waals surface area (Å²) in [5.41, 5.74) is 1.24. The van der Waals surface area contributed by atoms with Crippen LogP contribution < -0.4 is 9.50 Å². The summed E-state index contributed by atoms with van der Waals surface area (Å²) in [6.45, 7) is 1.84. The lowest BCUT2D eigenvalue weighted by atomic mass is 10.0. The normalized spacial score (nSPS) is 11.7. The van der Waals surface area contributed by atoms with Gasteiger partial charge in [0.05, 0.1) is 10.0 Å². The van der Waals surface area contributed by atoms with Gasteiger partial charge in [-0.2, -0.15) is 13.7 Å². The number of carbonyl (C=O) groups excluding carboxylic acids is 1. The summed E-state index contributed by atoms with van der Waals surface area (Å²) >= 11 is 11.9. The van der Waals surface area contributed by atoms with Crippen molar-refractivity contribution in [2.75, 3.05) is 5.32 Å². The predicted molar refractivity (Wildman–Crippen MR) is 142 cm³/mol. The maximum atomic E-state index is 13.0. The fraction of sp³-hybridized carbons (Fsp3) is 0.0370. The summed E-state index contributed by atoms with van der Waals surface area (Å²) in [5, 5.41) is 14.3. The standard InChI is InChI=1S/C27H18Cl2N2O4S/c1-17-6-10-21(11-7-17)36(33,34)35-26-13-8-18-4-2-3-5-22(18)23(26)14-19(16-30)27(32)31-20-9-12-24(28)25(29)15-20/h2-15H,1H3,(H,31,32)/b19-14+. The van der Waals surface area contributed by atoms with Gasteiger partial charge in [0.25, 0.3) is 5.91 Å². The van der Waals surface area contributed by atoms with Crippen LogP contribution in [0.25, 0.3) is 16.8 Å². The fourth-order valence-corrected chi connectivity index (χ4v) is 4.68. The summed E-state index contributed by atoms with van der Waals surface area (Å²) in [7, 11) is -4.18. The van der Waals surface area contributed by atoms with Gasteiger partial charge in [-0.15, -0.1) is 0 Å². The molecular weight excluding hydrogens is 519 g/mol. The van der Waals surface area contributed by atoms with E-state index in [1.54, 1.807) is 36.4 Å². The van der Waals surface area contributed by atoms with Gasteiger partial charge in [0.2, 0.25) is 0 Å². The maximum Gasteiger partial charge on any atom is 0.339 e. The molecule has 0 heterocycles. The van der Waals surface area contributed by atoms with Gasteiger partial charge in [0.1, 0.15) is 16.5 Å². The number of anilines is 1. The van der Waals surface area contributed by atoms with E-state index < -0.39 is 16.0 Å². The van der Waals surface area contributed by atoms with E-state index in [2.05, 4.69) is 5.32 Å². The zero-order chi connectivity index (χ0) is 25.9. The molecule has 0 saturated heterocycles. The summed E-state index contributed by atoms with van der Waals surface area (Å²) in [6.07, 6.45) is 1.30. The Kier molecular flexibility index (Phi) is 7.32. The number of nitriles is 1. The molecule has 180 valence electrons. The number of amides is 1. The molecule has 0 bridgehead atoms. The van der Waals surface area contributed by atoms with E-state index >= 15 is 0 Å². The van der Waals surface area contributed by atoms with Crippen LogP contribution in [0, 0.1) is 18.3 Å². The van der Waals surface area contributed by atoms with E-state index in [-0.39, 0.29) is 26.8 Å². The number of benzene rings is 4. The number of rotatable bonds is 6. The van der Waals surface area contributed by atoms with E-state index in [1.165, 1.54) is 36.4 Å². The molecule has 4 rings (SSSR count). The van der Waals surface area contributed by atoms with Gasteiger partial charge >= 0.3 is 10.1 Å². The lowest BCUT2D eigenvalue weighted by molar-refractivity contribution is -0.112. The minimum absolute atomic E-state index is 0.0194. The Balaban J connectivity index is 1.77. The van der Waals surface area contributed by atoms with E-state index in [0.717, 1.165) is 10.9 Å². The second-order valence-electron chi connectivity index (χ2n) is 7.80. The summed E-state index contributed by atoms with van der Waals surface area (Å²) in [4.78, 5) is 12.9. The highest BCUT2D eigenvalue weighted by Gasteiger charge is 2.20. The van der Waals surface area contributed by atoms with Crippen LogP contribution in [-0.4, -0.2) is 14.3 Å². The van der Waals surface area contributed by atoms with Gasteiger partial charge < -0.3 is 9.50 Å². The molecule has 0 unspecified atom stereocenters. The molecule has 0 aromatic heterocycles. The molecule has 0 aliphatic carbocycles. The molecule has 0 radical (unpaired) electrons. The molecule has 0 atom stereocenters. The average Bonchev–Trinajstić information content (AvgIpc) is 2.85. The molecule has 4 aromatic rings. The molecule has 1 N–H and O–H groups in total. The zero-order valence-corrected chi connectivity index (χ0v) is 21.2. The Hall–Kier alpha value is -3.83. The third-order valence-corrected chi connectivity index (χ3v) is 7.26. The molecule has 1 amide bonds. The number of nitrogens with zero attached hydrogens (tertiary/aromatic N) is 1. The van der Waals surface area contributed by atoms with Crippen molar-refractivity contribution < 1.29 is 17.4 Å². The quantitative estimate of drug-likeness (QED) is 0.166. The first kappa shape index (κ1) is 25.3. The lowest BCUT2D eigenvalue weighted by Crippen LogP contribution is -2.14. The molecular formula is C27H18Cl2N2O4S. The van der Waals surface area contributed by atoms with E-state index in [0.29, 0.717) is 16.1 Å². The Morgan fingerprint density at radius 2 is 1.69 bits per heavy atom. The highest BCUT2D eigenvalue weighted by Crippen LogP contribution is 2.33. The van der Waals surface area contributed by atoms with Crippen molar-refractivity contribution in [3.05, 3.63) is 106 Å². The molecule has 9 heteroatoms. The van der Waals surface area contributed by atoms with Crippen LogP contribution in [0.5, 0.6) is 5.75 Å². The Labute approximate surface area is 218 Å². The largest absolute Gasteiger partial charge is 0.378 e. The molecule has 6 nitrogen and oxygen atoms in total. The topological polar surface area (TPSA) is 96.3 Å². The van der Waals surface area contributed by atoms with Crippen LogP contribution in [0.2, 0.25) is 10.0 Å². The highest BCUT2D eigenvalue weighted by molar-refractivity contribution is 7.87. The number of hydrogen-bond acceptors (Lipinski definition) is 5. The molecule has 36 heavy (non-hydrogen) atoms. The number of fused-ring (bicyclic) bond motifs is 1. The zero-order valence-electron chi connectivity index (χ0n) is 18.8. The Morgan fingerprint density at radius 1 is 0.972 bits per heavy atom. The number of aryl methyl sites for hydroxylation is 1. The molecule has 0 fully saturated rings. The van der Waals surface area contributed by atoms with Crippen LogP contribution >= 0.6 is 23.2 Å². The van der Waals surface area contributed by atoms with Gasteiger partial charge in [0.15, 0.2) is 5.75 Å². The van der Waals surface area contributed by atoms with Crippen molar-refractivity contribution in [3.8, 4) is 11.8 Å². The van der Waals surface area contributed by atoms with Crippen LogP contribution in [0.15, 0.2) is 89.3 Å². The van der Waals surface area contributed by atoms with Crippen LogP contribution in [-0.2, 0) is 14.9 Å². The minimum Gasteiger partial charge on any atom is -0.378 e. The fourth-order valence-electron chi connectivity index (χ4n) is 3.43. The number of nitrogens with one attached hydrogen (secondary N) is 1. The monoisotopic (exact) mass is 536 g/mol. The molecule has 4 aromatic carbocycles. The van der Waals surface area contributed by atoms with Crippen molar-refractivity contribution in [2.45, 2.75) is 11.8 Å². The second-order valence-corrected chi connectivity index (χ2v) is 10.2. The third-order valence-electron chi connectivity index (χ3n) is 5.27. The SMILES string of the molecule is Cc1ccc(S(=O)(=O)Oc2ccc3ccccc3c2/C=C(\C#N)C(=O)Nc2ccc(Cl)c(Cl)c2)cc1. The molecule has 0 spiro atoms. The van der Waals surface area contributed by atoms with Gasteiger partial charge in [-0.05, 0) is 60.2 Å². The first-order valence-corrected chi connectivity index (χ1v) is 12.8. The highest BCUT2D eigenvalue weighted by atomic mass is 35.5. The van der Waals surface area contributed by atoms with E-state index in [1.807, 2.05) is 25.1 Å². The molecule has 0 saturated carbocycles. The van der Waals surface area contributed by atoms with E-state index in [4.69, 9.17) is 27.4 Å². The first-order chi connectivity index (χ1) is 17.2. The smallest absolute Gasteiger partial charge is 0.339 e. The summed E-state index contributed by atoms with van der Waals surface area (Å²) < 4.78 is 31.5. The van der Waals surface area contributed by atoms with Gasteiger partial charge in [-0.3, -0.25) is 4.79 Å². The van der Waals surface area contributed by atoms with Crippen molar-refractivity contribution in [1.82, 2.24) is 0 Å². The van der Waals surface area contributed by atoms with Crippen molar-refractivity contribution in [1.29, 1.82) is 5.26 Å². The van der Waals surface area contributed by atoms with Crippen molar-refractivity contribution >= 4 is 61.8 Å². The number of halogens is 2. The number of carbonyl (C=O) groups is 1. The third kappa shape index (κ3) is 5.52. The Bertz CT molecular complexity index is 1660. The van der Waals surface area contributed by atoms with Crippen LogP contribution in [0.1, 0.15) is 11.1 Å². The molecule has 0 aliphatic heterocycles. The number of hydrogen-bond donors (Lipinski definition) is 1. The summed E-state index contributed by atoms with van der Waals surface area (Å²) in [6, 6.07) is 23.0. The predicted octanol–water partition coefficient (Wildman–Crippen LogP) is 6.77. The van der Waals surface area contributed by atoms with Crippen LogP contribution in [0.3, 0.4) is 0 Å². The van der Waals surface area contributed by atoms with Gasteiger partial charge in [0, 0.05) is 11.3 Å². The first-order valence-electron chi connectivity index (χ1n) is 10.6. The Morgan fingerprint density at radius 3 is 2.39 bits per heavy atom. The van der Waals surface area contributed by atoms with Gasteiger partial charge in [-0.25, -0.2) is 0 Å². The summed E-state index contributed by atoms with van der Waals surface area (Å²) in [5.74, 6) is -0.736. The molecule has 0 aliphatic rings. The minimum atomic E-state index is -4.18. The van der Waals surface area contributed by atoms with Crippen LogP contribution in [0.4, 0.5) is 5.69 Å². The lowest BCUT2D eigenvalue weighted by Gasteiger charge is -2.13. The maximum absolute atomic E-state index is 13.0. The van der Waals surface area contributed by atoms with Crippen molar-refractivity contribution in [2.24, 2.45) is 0 Å².